The lowest BCUT2D eigenvalue weighted by atomic mass is 10.1. The second-order valence-corrected chi connectivity index (χ2v) is 5.53. The minimum atomic E-state index is 0.831. The van der Waals surface area contributed by atoms with Crippen molar-refractivity contribution in [3.05, 3.63) is 55.1 Å². The van der Waals surface area contributed by atoms with Crippen LogP contribution < -0.4 is 16.6 Å². The Labute approximate surface area is 146 Å². The van der Waals surface area contributed by atoms with Crippen LogP contribution in [-0.4, -0.2) is 14.1 Å². The molecule has 2 aromatic rings. The van der Waals surface area contributed by atoms with E-state index < -0.39 is 0 Å². The standard InChI is InChI=1S/C10H9NS.C7H14.2CH5N/c11-12-10-7-3-5-8-4-1-2-6-9(8)10;1-4-5-6-7(2)3;2*1-2/h1-7H,11H2;4,7H,1,5-6H2,2-3H3;2*2H2,1H3. The third kappa shape index (κ3) is 10.9. The molecule has 0 spiro atoms. The highest BCUT2D eigenvalue weighted by atomic mass is 32.2. The van der Waals surface area contributed by atoms with Gasteiger partial charge < -0.3 is 11.5 Å². The van der Waals surface area contributed by atoms with Crippen LogP contribution in [0.15, 0.2) is 60.0 Å². The van der Waals surface area contributed by atoms with E-state index in [1.165, 1.54) is 43.2 Å². The Morgan fingerprint density at radius 3 is 2.04 bits per heavy atom. The highest BCUT2D eigenvalue weighted by Crippen LogP contribution is 2.23. The summed E-state index contributed by atoms with van der Waals surface area (Å²) in [5.41, 5.74) is 9.00. The Kier molecular flexibility index (Phi) is 17.7. The second-order valence-electron chi connectivity index (χ2n) is 4.86. The van der Waals surface area contributed by atoms with Gasteiger partial charge in [-0.1, -0.05) is 56.3 Å². The zero-order valence-electron chi connectivity index (χ0n) is 15.0. The summed E-state index contributed by atoms with van der Waals surface area (Å²) in [7, 11) is 3.00. The van der Waals surface area contributed by atoms with Crippen LogP contribution in [0, 0.1) is 5.92 Å². The van der Waals surface area contributed by atoms with Crippen molar-refractivity contribution in [1.82, 2.24) is 0 Å². The maximum atomic E-state index is 5.53. The molecular weight excluding hydrogens is 302 g/mol. The fourth-order valence-electron chi connectivity index (χ4n) is 1.75. The molecule has 0 aliphatic rings. The van der Waals surface area contributed by atoms with Crippen molar-refractivity contribution in [2.45, 2.75) is 31.6 Å². The molecule has 0 bridgehead atoms. The summed E-state index contributed by atoms with van der Waals surface area (Å²) in [6.07, 6.45) is 4.42. The summed E-state index contributed by atoms with van der Waals surface area (Å²) >= 11 is 1.30. The topological polar surface area (TPSA) is 78.1 Å². The van der Waals surface area contributed by atoms with Gasteiger partial charge in [0.15, 0.2) is 0 Å². The van der Waals surface area contributed by atoms with Gasteiger partial charge in [0.1, 0.15) is 0 Å². The molecule has 0 saturated carbocycles. The Balaban J connectivity index is 0. The van der Waals surface area contributed by atoms with Gasteiger partial charge in [0.05, 0.1) is 0 Å². The molecule has 0 atom stereocenters. The van der Waals surface area contributed by atoms with Gasteiger partial charge in [0.25, 0.3) is 0 Å². The number of nitrogens with two attached hydrogens (primary N) is 3. The molecule has 23 heavy (non-hydrogen) atoms. The number of rotatable bonds is 4. The van der Waals surface area contributed by atoms with E-state index in [0.717, 1.165) is 17.2 Å². The van der Waals surface area contributed by atoms with E-state index in [-0.39, 0.29) is 0 Å². The molecule has 0 fully saturated rings. The fraction of sp³-hybridized carbons (Fsp3) is 0.368. The second kappa shape index (κ2) is 17.0. The van der Waals surface area contributed by atoms with Gasteiger partial charge in [-0.3, -0.25) is 5.14 Å². The number of fused-ring (bicyclic) bond motifs is 1. The number of benzene rings is 2. The molecule has 0 radical (unpaired) electrons. The third-order valence-electron chi connectivity index (χ3n) is 2.82. The van der Waals surface area contributed by atoms with Crippen molar-refractivity contribution >= 4 is 22.7 Å². The summed E-state index contributed by atoms with van der Waals surface area (Å²) < 4.78 is 0. The highest BCUT2D eigenvalue weighted by molar-refractivity contribution is 7.97. The number of allylic oxidation sites excluding steroid dienone is 1. The third-order valence-corrected chi connectivity index (χ3v) is 3.43. The van der Waals surface area contributed by atoms with E-state index in [1.54, 1.807) is 0 Å². The Bertz CT molecular complexity index is 507. The molecule has 0 aliphatic carbocycles. The number of hydrogen-bond donors (Lipinski definition) is 3. The van der Waals surface area contributed by atoms with E-state index in [9.17, 15) is 0 Å². The van der Waals surface area contributed by atoms with Gasteiger partial charge >= 0.3 is 0 Å². The first-order chi connectivity index (χ1) is 11.2. The average Bonchev–Trinajstić information content (AvgIpc) is 2.63. The highest BCUT2D eigenvalue weighted by Gasteiger charge is 1.96. The van der Waals surface area contributed by atoms with Crippen LogP contribution in [0.3, 0.4) is 0 Å². The van der Waals surface area contributed by atoms with Crippen LogP contribution in [0.1, 0.15) is 26.7 Å². The van der Waals surface area contributed by atoms with E-state index in [4.69, 9.17) is 5.14 Å². The Morgan fingerprint density at radius 2 is 1.57 bits per heavy atom. The van der Waals surface area contributed by atoms with Gasteiger partial charge in [-0.25, -0.2) is 0 Å². The van der Waals surface area contributed by atoms with Crippen molar-refractivity contribution in [1.29, 1.82) is 0 Å². The molecule has 0 heterocycles. The van der Waals surface area contributed by atoms with Gasteiger partial charge in [0.2, 0.25) is 0 Å². The molecule has 4 heteroatoms. The molecule has 6 N–H and O–H groups in total. The first-order valence-electron chi connectivity index (χ1n) is 7.80. The summed E-state index contributed by atoms with van der Waals surface area (Å²) in [6, 6.07) is 14.4. The Hall–Kier alpha value is -1.33. The van der Waals surface area contributed by atoms with Crippen LogP contribution in [0.4, 0.5) is 0 Å². The maximum Gasteiger partial charge on any atom is 0.0304 e. The molecule has 0 saturated heterocycles. The van der Waals surface area contributed by atoms with Crippen molar-refractivity contribution < 1.29 is 0 Å². The predicted molar refractivity (Wildman–Crippen MR) is 108 cm³/mol. The molecule has 0 aliphatic heterocycles. The quantitative estimate of drug-likeness (QED) is 0.565. The molecule has 0 aromatic heterocycles. The first-order valence-corrected chi connectivity index (χ1v) is 8.67. The lowest BCUT2D eigenvalue weighted by Crippen LogP contribution is -1.82. The summed E-state index contributed by atoms with van der Waals surface area (Å²) in [6.45, 7) is 8.08. The van der Waals surface area contributed by atoms with Crippen molar-refractivity contribution in [2.24, 2.45) is 22.5 Å². The van der Waals surface area contributed by atoms with Crippen LogP contribution in [-0.2, 0) is 0 Å². The smallest absolute Gasteiger partial charge is 0.0304 e. The molecular formula is C19H33N3S. The molecule has 3 nitrogen and oxygen atoms in total. The summed E-state index contributed by atoms with van der Waals surface area (Å²) in [5, 5.41) is 8.01. The zero-order valence-corrected chi connectivity index (χ0v) is 15.8. The Morgan fingerprint density at radius 1 is 1.00 bits per heavy atom. The monoisotopic (exact) mass is 335 g/mol. The van der Waals surface area contributed by atoms with E-state index in [2.05, 4.69) is 50.1 Å². The average molecular weight is 336 g/mol. The van der Waals surface area contributed by atoms with Gasteiger partial charge in [-0.15, -0.1) is 6.58 Å². The van der Waals surface area contributed by atoms with Crippen LogP contribution >= 0.6 is 11.9 Å². The maximum absolute atomic E-state index is 5.53. The predicted octanol–water partition coefficient (Wildman–Crippen LogP) is 4.56. The molecule has 2 aromatic carbocycles. The number of hydrogen-bond acceptors (Lipinski definition) is 4. The minimum Gasteiger partial charge on any atom is -0.333 e. The zero-order chi connectivity index (χ0) is 18.1. The lowest BCUT2D eigenvalue weighted by molar-refractivity contribution is 0.595. The van der Waals surface area contributed by atoms with Crippen LogP contribution in [0.5, 0.6) is 0 Å². The lowest BCUT2D eigenvalue weighted by Gasteiger charge is -2.01. The minimum absolute atomic E-state index is 0.831. The largest absolute Gasteiger partial charge is 0.333 e. The molecule has 2 rings (SSSR count). The van der Waals surface area contributed by atoms with E-state index in [0.29, 0.717) is 0 Å². The summed E-state index contributed by atoms with van der Waals surface area (Å²) in [4.78, 5) is 1.13. The van der Waals surface area contributed by atoms with Gasteiger partial charge in [0, 0.05) is 4.90 Å². The van der Waals surface area contributed by atoms with Crippen LogP contribution in [0.2, 0.25) is 0 Å². The van der Waals surface area contributed by atoms with E-state index in [1.807, 2.05) is 30.3 Å². The first kappa shape index (κ1) is 23.9. The molecule has 130 valence electrons. The fourth-order valence-corrected chi connectivity index (χ4v) is 2.22. The SMILES string of the molecule is C=CCCC(C)C.CN.CN.NSc1cccc2ccccc12. The molecule has 0 amide bonds. The van der Waals surface area contributed by atoms with Crippen molar-refractivity contribution in [2.75, 3.05) is 14.1 Å². The summed E-state index contributed by atoms with van der Waals surface area (Å²) in [5.74, 6) is 0.831. The van der Waals surface area contributed by atoms with Gasteiger partial charge in [-0.2, -0.15) is 0 Å². The molecule has 0 unspecified atom stereocenters. The van der Waals surface area contributed by atoms with Gasteiger partial charge in [-0.05, 0) is 61.6 Å². The van der Waals surface area contributed by atoms with Crippen molar-refractivity contribution in [3.8, 4) is 0 Å². The van der Waals surface area contributed by atoms with E-state index >= 15 is 0 Å². The normalized spacial score (nSPS) is 8.87. The van der Waals surface area contributed by atoms with Crippen molar-refractivity contribution in [3.63, 3.8) is 0 Å². The van der Waals surface area contributed by atoms with Crippen LogP contribution in [0.25, 0.3) is 10.8 Å².